The molecular weight excluding hydrogens is 472 g/mol. The Bertz CT molecular complexity index is 1330. The maximum atomic E-state index is 10.2. The lowest BCUT2D eigenvalue weighted by Gasteiger charge is -2.11. The van der Waals surface area contributed by atoms with Crippen LogP contribution in [0.3, 0.4) is 0 Å². The zero-order valence-electron chi connectivity index (χ0n) is 22.6. The summed E-state index contributed by atoms with van der Waals surface area (Å²) in [5, 5.41) is 10.2. The van der Waals surface area contributed by atoms with Crippen molar-refractivity contribution >= 4 is 12.2 Å². The van der Waals surface area contributed by atoms with Gasteiger partial charge in [-0.25, -0.2) is 0 Å². The normalized spacial score (nSPS) is 10.7. The van der Waals surface area contributed by atoms with Crippen molar-refractivity contribution < 1.29 is 19.3 Å². The average molecular weight is 509 g/mol. The first-order valence-electron chi connectivity index (χ1n) is 12.6. The molecule has 38 heavy (non-hydrogen) atoms. The number of aromatic hydroxyl groups is 1. The van der Waals surface area contributed by atoms with Gasteiger partial charge in [0.25, 0.3) is 0 Å². The van der Waals surface area contributed by atoms with Gasteiger partial charge in [-0.3, -0.25) is 0 Å². The van der Waals surface area contributed by atoms with E-state index in [1.165, 1.54) is 0 Å². The molecule has 0 amide bonds. The van der Waals surface area contributed by atoms with E-state index < -0.39 is 0 Å². The highest BCUT2D eigenvalue weighted by Gasteiger charge is 2.10. The third-order valence-electron chi connectivity index (χ3n) is 5.78. The Labute approximate surface area is 226 Å². The van der Waals surface area contributed by atoms with Crippen LogP contribution >= 0.6 is 0 Å². The van der Waals surface area contributed by atoms with Crippen molar-refractivity contribution in [1.82, 2.24) is 0 Å². The van der Waals surface area contributed by atoms with Crippen molar-refractivity contribution in [3.8, 4) is 23.0 Å². The van der Waals surface area contributed by atoms with Crippen LogP contribution in [0.15, 0.2) is 103 Å². The van der Waals surface area contributed by atoms with Crippen molar-refractivity contribution in [2.45, 2.75) is 26.9 Å². The molecule has 0 spiro atoms. The molecule has 0 saturated heterocycles. The standard InChI is InChI=1S/2C17H18O2/c1-3-7-14-11-15(17(18)16(12-14)19-2)10-13-8-5-4-6-9-13;1-3-7-14-10-11-16(17(12-14)18-2)19-13-15-8-5-4-6-9-15/h3-9,11-12,18H,10H2,1-2H3;3-12H,13H2,1-2H3. The quantitative estimate of drug-likeness (QED) is 0.247. The van der Waals surface area contributed by atoms with Gasteiger partial charge in [-0.1, -0.05) is 91.0 Å². The Balaban J connectivity index is 0.000000211. The Morgan fingerprint density at radius 2 is 1.21 bits per heavy atom. The Morgan fingerprint density at radius 3 is 1.82 bits per heavy atom. The molecule has 4 aromatic rings. The molecule has 4 rings (SSSR count). The summed E-state index contributed by atoms with van der Waals surface area (Å²) in [4.78, 5) is 0. The predicted molar refractivity (Wildman–Crippen MR) is 157 cm³/mol. The van der Waals surface area contributed by atoms with Crippen LogP contribution in [0, 0.1) is 0 Å². The monoisotopic (exact) mass is 508 g/mol. The van der Waals surface area contributed by atoms with Crippen molar-refractivity contribution in [3.05, 3.63) is 131 Å². The van der Waals surface area contributed by atoms with Gasteiger partial charge in [0, 0.05) is 12.0 Å². The van der Waals surface area contributed by atoms with Crippen LogP contribution in [0.25, 0.3) is 12.2 Å². The van der Waals surface area contributed by atoms with Crippen LogP contribution in [0.1, 0.15) is 41.7 Å². The van der Waals surface area contributed by atoms with E-state index in [1.807, 2.05) is 129 Å². The van der Waals surface area contributed by atoms with Crippen molar-refractivity contribution in [2.24, 2.45) is 0 Å². The number of hydrogen-bond donors (Lipinski definition) is 1. The second-order valence-corrected chi connectivity index (χ2v) is 8.58. The van der Waals surface area contributed by atoms with Crippen molar-refractivity contribution in [2.75, 3.05) is 14.2 Å². The molecule has 0 radical (unpaired) electrons. The van der Waals surface area contributed by atoms with Gasteiger partial charge in [0.05, 0.1) is 14.2 Å². The number of methoxy groups -OCH3 is 2. The van der Waals surface area contributed by atoms with Gasteiger partial charge in [0.2, 0.25) is 0 Å². The zero-order valence-corrected chi connectivity index (χ0v) is 22.6. The molecule has 0 aliphatic rings. The highest BCUT2D eigenvalue weighted by Crippen LogP contribution is 2.33. The summed E-state index contributed by atoms with van der Waals surface area (Å²) in [6, 6.07) is 29.9. The summed E-state index contributed by atoms with van der Waals surface area (Å²) in [6.07, 6.45) is 8.69. The van der Waals surface area contributed by atoms with Gasteiger partial charge in [0.15, 0.2) is 23.0 Å². The molecule has 0 unspecified atom stereocenters. The smallest absolute Gasteiger partial charge is 0.161 e. The first kappa shape index (κ1) is 28.1. The third kappa shape index (κ3) is 8.31. The molecule has 4 aromatic carbocycles. The number of hydrogen-bond acceptors (Lipinski definition) is 4. The van der Waals surface area contributed by atoms with E-state index in [1.54, 1.807) is 14.2 Å². The molecule has 0 saturated carbocycles. The molecule has 0 aromatic heterocycles. The predicted octanol–water partition coefficient (Wildman–Crippen LogP) is 8.33. The molecule has 0 fully saturated rings. The first-order chi connectivity index (χ1) is 18.6. The number of rotatable bonds is 9. The lowest BCUT2D eigenvalue weighted by atomic mass is 10.0. The summed E-state index contributed by atoms with van der Waals surface area (Å²) in [5.74, 6) is 2.26. The summed E-state index contributed by atoms with van der Waals surface area (Å²) >= 11 is 0. The fourth-order valence-electron chi connectivity index (χ4n) is 3.92. The van der Waals surface area contributed by atoms with E-state index in [9.17, 15) is 5.11 Å². The van der Waals surface area contributed by atoms with E-state index in [-0.39, 0.29) is 5.75 Å². The second kappa shape index (κ2) is 15.0. The van der Waals surface area contributed by atoms with E-state index >= 15 is 0 Å². The molecule has 196 valence electrons. The highest BCUT2D eigenvalue weighted by atomic mass is 16.5. The molecule has 1 N–H and O–H groups in total. The molecule has 4 nitrogen and oxygen atoms in total. The number of phenolic OH excluding ortho intramolecular Hbond substituents is 1. The van der Waals surface area contributed by atoms with Crippen molar-refractivity contribution in [3.63, 3.8) is 0 Å². The van der Waals surface area contributed by atoms with Crippen LogP contribution in [-0.4, -0.2) is 19.3 Å². The number of ether oxygens (including phenoxy) is 3. The first-order valence-corrected chi connectivity index (χ1v) is 12.6. The molecule has 0 bridgehead atoms. The lowest BCUT2D eigenvalue weighted by molar-refractivity contribution is 0.284. The minimum Gasteiger partial charge on any atom is -0.504 e. The number of phenols is 1. The van der Waals surface area contributed by atoms with E-state index in [4.69, 9.17) is 14.2 Å². The minimum atomic E-state index is 0.222. The van der Waals surface area contributed by atoms with Crippen LogP contribution < -0.4 is 14.2 Å². The van der Waals surface area contributed by atoms with Gasteiger partial charge in [0.1, 0.15) is 6.61 Å². The SMILES string of the molecule is CC=Cc1cc(Cc2ccccc2)c(O)c(OC)c1.CC=Cc1ccc(OCc2ccccc2)c(OC)c1. The molecule has 0 atom stereocenters. The van der Waals surface area contributed by atoms with Crippen LogP contribution in [0.2, 0.25) is 0 Å². The van der Waals surface area contributed by atoms with E-state index in [0.29, 0.717) is 18.8 Å². The molecule has 0 aliphatic carbocycles. The van der Waals surface area contributed by atoms with Gasteiger partial charge in [-0.05, 0) is 60.4 Å². The fourth-order valence-corrected chi connectivity index (χ4v) is 3.92. The van der Waals surface area contributed by atoms with Crippen LogP contribution in [0.4, 0.5) is 0 Å². The summed E-state index contributed by atoms with van der Waals surface area (Å²) in [5.41, 5.74) is 5.31. The average Bonchev–Trinajstić information content (AvgIpc) is 2.95. The second-order valence-electron chi connectivity index (χ2n) is 8.58. The number of allylic oxidation sites excluding steroid dienone is 2. The Kier molecular flexibility index (Phi) is 11.1. The molecular formula is C34H36O4. The topological polar surface area (TPSA) is 47.9 Å². The van der Waals surface area contributed by atoms with E-state index in [0.717, 1.165) is 39.3 Å². The molecule has 0 heterocycles. The largest absolute Gasteiger partial charge is 0.504 e. The third-order valence-corrected chi connectivity index (χ3v) is 5.78. The van der Waals surface area contributed by atoms with Crippen molar-refractivity contribution in [1.29, 1.82) is 0 Å². The van der Waals surface area contributed by atoms with E-state index in [2.05, 4.69) is 0 Å². The van der Waals surface area contributed by atoms with Crippen LogP contribution in [-0.2, 0) is 13.0 Å². The summed E-state index contributed by atoms with van der Waals surface area (Å²) < 4.78 is 16.4. The number of benzene rings is 4. The molecule has 4 heteroatoms. The minimum absolute atomic E-state index is 0.222. The highest BCUT2D eigenvalue weighted by molar-refractivity contribution is 5.59. The molecule has 0 aliphatic heterocycles. The zero-order chi connectivity index (χ0) is 27.2. The fraction of sp³-hybridized carbons (Fsp3) is 0.176. The Morgan fingerprint density at radius 1 is 0.632 bits per heavy atom. The van der Waals surface area contributed by atoms with Gasteiger partial charge in [-0.15, -0.1) is 0 Å². The van der Waals surface area contributed by atoms with Gasteiger partial charge >= 0.3 is 0 Å². The van der Waals surface area contributed by atoms with Gasteiger partial charge in [-0.2, -0.15) is 0 Å². The summed E-state index contributed by atoms with van der Waals surface area (Å²) in [7, 11) is 3.23. The Hall–Kier alpha value is -4.44. The van der Waals surface area contributed by atoms with Gasteiger partial charge < -0.3 is 19.3 Å². The maximum absolute atomic E-state index is 10.2. The maximum Gasteiger partial charge on any atom is 0.161 e. The lowest BCUT2D eigenvalue weighted by Crippen LogP contribution is -1.97. The van der Waals surface area contributed by atoms with Crippen LogP contribution in [0.5, 0.6) is 23.0 Å². The summed E-state index contributed by atoms with van der Waals surface area (Å²) in [6.45, 7) is 4.50.